The molecule has 8 nitrogen and oxygen atoms in total. The fourth-order valence-corrected chi connectivity index (χ4v) is 4.84. The lowest BCUT2D eigenvalue weighted by Gasteiger charge is -2.32. The second-order valence-electron chi connectivity index (χ2n) is 6.31. The highest BCUT2D eigenvalue weighted by Crippen LogP contribution is 2.27. The average molecular weight is 411 g/mol. The summed E-state index contributed by atoms with van der Waals surface area (Å²) in [5, 5.41) is 6.40. The Bertz CT molecular complexity index is 900. The quantitative estimate of drug-likeness (QED) is 0.700. The summed E-state index contributed by atoms with van der Waals surface area (Å²) in [6.45, 7) is 2.73. The number of nitrogens with zero attached hydrogens (tertiary/aromatic N) is 4. The molecule has 0 saturated carbocycles. The van der Waals surface area contributed by atoms with Crippen LogP contribution in [0.2, 0.25) is 5.15 Å². The summed E-state index contributed by atoms with van der Waals surface area (Å²) in [5.41, 5.74) is 1.24. The van der Waals surface area contributed by atoms with Crippen LogP contribution in [-0.2, 0) is 16.6 Å². The molecule has 0 spiro atoms. The van der Waals surface area contributed by atoms with Crippen LogP contribution in [-0.4, -0.2) is 67.9 Å². The molecule has 2 aromatic rings. The number of likely N-dealkylation sites (N-methyl/N-ethyl adjacent to an activating group) is 1. The third-order valence-electron chi connectivity index (χ3n) is 4.55. The SMILES string of the molecule is CNc1c(Cl)ncnc1NCc1ccccc1S(=O)(=O)N1CCN(C)CC1. The minimum Gasteiger partial charge on any atom is -0.383 e. The minimum atomic E-state index is -3.55. The topological polar surface area (TPSA) is 90.5 Å². The van der Waals surface area contributed by atoms with Crippen LogP contribution in [0.4, 0.5) is 11.5 Å². The van der Waals surface area contributed by atoms with E-state index >= 15 is 0 Å². The predicted octanol–water partition coefficient (Wildman–Crippen LogP) is 1.72. The third kappa shape index (κ3) is 4.32. The number of sulfonamides is 1. The lowest BCUT2D eigenvalue weighted by molar-refractivity contribution is 0.222. The van der Waals surface area contributed by atoms with Crippen molar-refractivity contribution < 1.29 is 8.42 Å². The van der Waals surface area contributed by atoms with E-state index in [1.165, 1.54) is 6.33 Å². The van der Waals surface area contributed by atoms with Crippen LogP contribution in [0.1, 0.15) is 5.56 Å². The van der Waals surface area contributed by atoms with E-state index in [1.807, 2.05) is 13.1 Å². The summed E-state index contributed by atoms with van der Waals surface area (Å²) >= 11 is 6.07. The van der Waals surface area contributed by atoms with Crippen molar-refractivity contribution in [1.29, 1.82) is 0 Å². The second-order valence-corrected chi connectivity index (χ2v) is 8.57. The number of anilines is 2. The lowest BCUT2D eigenvalue weighted by Crippen LogP contribution is -2.47. The zero-order valence-electron chi connectivity index (χ0n) is 15.3. The molecule has 1 aromatic heterocycles. The molecule has 1 aromatic carbocycles. The Morgan fingerprint density at radius 2 is 1.85 bits per heavy atom. The maximum absolute atomic E-state index is 13.1. The number of hydrogen-bond acceptors (Lipinski definition) is 7. The molecule has 2 N–H and O–H groups in total. The van der Waals surface area contributed by atoms with E-state index in [9.17, 15) is 8.42 Å². The standard InChI is InChI=1S/C17H23ClN6O2S/c1-19-15-16(18)21-12-22-17(15)20-11-13-5-3-4-6-14(13)27(25,26)24-9-7-23(2)8-10-24/h3-6,12,19H,7-11H2,1-2H3,(H,20,21,22). The van der Waals surface area contributed by atoms with Crippen LogP contribution in [0.25, 0.3) is 0 Å². The summed E-state index contributed by atoms with van der Waals surface area (Å²) in [7, 11) is 0.166. The van der Waals surface area contributed by atoms with Crippen LogP contribution in [0.3, 0.4) is 0 Å². The first-order chi connectivity index (χ1) is 12.9. The molecule has 10 heteroatoms. The second kappa shape index (κ2) is 8.39. The largest absolute Gasteiger partial charge is 0.383 e. The fourth-order valence-electron chi connectivity index (χ4n) is 2.97. The summed E-state index contributed by atoms with van der Waals surface area (Å²) in [5.74, 6) is 0.518. The molecule has 0 atom stereocenters. The van der Waals surface area contributed by atoms with Crippen molar-refractivity contribution in [3.63, 3.8) is 0 Å². The minimum absolute atomic E-state index is 0.297. The summed E-state index contributed by atoms with van der Waals surface area (Å²) in [4.78, 5) is 10.6. The molecule has 0 amide bonds. The Labute approximate surface area is 164 Å². The van der Waals surface area contributed by atoms with Gasteiger partial charge in [0.05, 0.1) is 4.90 Å². The summed E-state index contributed by atoms with van der Waals surface area (Å²) in [6, 6.07) is 7.02. The highest BCUT2D eigenvalue weighted by atomic mass is 35.5. The van der Waals surface area contributed by atoms with E-state index in [0.717, 1.165) is 13.1 Å². The lowest BCUT2D eigenvalue weighted by atomic mass is 10.2. The fraction of sp³-hybridized carbons (Fsp3) is 0.412. The van der Waals surface area contributed by atoms with Gasteiger partial charge in [-0.3, -0.25) is 0 Å². The highest BCUT2D eigenvalue weighted by molar-refractivity contribution is 7.89. The molecule has 1 fully saturated rings. The molecule has 1 aliphatic rings. The highest BCUT2D eigenvalue weighted by Gasteiger charge is 2.29. The number of halogens is 1. The molecule has 0 unspecified atom stereocenters. The van der Waals surface area contributed by atoms with Gasteiger partial charge in [0.2, 0.25) is 10.0 Å². The van der Waals surface area contributed by atoms with Gasteiger partial charge in [-0.1, -0.05) is 29.8 Å². The molecule has 146 valence electrons. The Kier molecular flexibility index (Phi) is 6.15. The molecule has 0 radical (unpaired) electrons. The zero-order valence-corrected chi connectivity index (χ0v) is 16.9. The van der Waals surface area contributed by atoms with Crippen molar-refractivity contribution in [2.24, 2.45) is 0 Å². The molecular formula is C17H23ClN6O2S. The van der Waals surface area contributed by atoms with Crippen LogP contribution >= 0.6 is 11.6 Å². The Hall–Kier alpha value is -1.94. The maximum atomic E-state index is 13.1. The average Bonchev–Trinajstić information content (AvgIpc) is 2.67. The van der Waals surface area contributed by atoms with Gasteiger partial charge >= 0.3 is 0 Å². The van der Waals surface area contributed by atoms with Crippen molar-refractivity contribution >= 4 is 33.1 Å². The van der Waals surface area contributed by atoms with Gasteiger partial charge in [0.1, 0.15) is 12.0 Å². The van der Waals surface area contributed by atoms with Gasteiger partial charge in [-0.05, 0) is 18.7 Å². The number of rotatable bonds is 6. The maximum Gasteiger partial charge on any atom is 0.243 e. The van der Waals surface area contributed by atoms with Crippen LogP contribution in [0.15, 0.2) is 35.5 Å². The van der Waals surface area contributed by atoms with E-state index in [4.69, 9.17) is 11.6 Å². The van der Waals surface area contributed by atoms with Gasteiger partial charge in [-0.25, -0.2) is 18.4 Å². The van der Waals surface area contributed by atoms with Gasteiger partial charge < -0.3 is 15.5 Å². The first-order valence-electron chi connectivity index (χ1n) is 8.62. The zero-order chi connectivity index (χ0) is 19.4. The summed E-state index contributed by atoms with van der Waals surface area (Å²) < 4.78 is 27.8. The molecular weight excluding hydrogens is 388 g/mol. The number of aromatic nitrogens is 2. The van der Waals surface area contributed by atoms with Crippen molar-refractivity contribution in [2.75, 3.05) is 50.9 Å². The van der Waals surface area contributed by atoms with E-state index in [-0.39, 0.29) is 0 Å². The first kappa shape index (κ1) is 19.8. The molecule has 1 saturated heterocycles. The van der Waals surface area contributed by atoms with Crippen molar-refractivity contribution in [1.82, 2.24) is 19.2 Å². The molecule has 1 aliphatic heterocycles. The third-order valence-corrected chi connectivity index (χ3v) is 6.84. The van der Waals surface area contributed by atoms with Crippen LogP contribution in [0.5, 0.6) is 0 Å². The molecule has 0 aliphatic carbocycles. The normalized spacial score (nSPS) is 16.3. The Balaban J connectivity index is 1.83. The Morgan fingerprint density at radius 1 is 1.15 bits per heavy atom. The van der Waals surface area contributed by atoms with Gasteiger partial charge in [0, 0.05) is 39.8 Å². The summed E-state index contributed by atoms with van der Waals surface area (Å²) in [6.07, 6.45) is 1.36. The van der Waals surface area contributed by atoms with Gasteiger partial charge in [-0.15, -0.1) is 0 Å². The van der Waals surface area contributed by atoms with E-state index in [1.54, 1.807) is 29.6 Å². The first-order valence-corrected chi connectivity index (χ1v) is 10.4. The number of nitrogens with one attached hydrogen (secondary N) is 2. The molecule has 0 bridgehead atoms. The Morgan fingerprint density at radius 3 is 2.56 bits per heavy atom. The number of benzene rings is 1. The van der Waals surface area contributed by atoms with Gasteiger partial charge in [0.25, 0.3) is 0 Å². The van der Waals surface area contributed by atoms with Gasteiger partial charge in [-0.2, -0.15) is 4.31 Å². The van der Waals surface area contributed by atoms with Crippen molar-refractivity contribution in [3.8, 4) is 0 Å². The monoisotopic (exact) mass is 410 g/mol. The van der Waals surface area contributed by atoms with Crippen LogP contribution < -0.4 is 10.6 Å². The van der Waals surface area contributed by atoms with Gasteiger partial charge in [0.15, 0.2) is 11.0 Å². The van der Waals surface area contributed by atoms with Crippen molar-refractivity contribution in [2.45, 2.75) is 11.4 Å². The van der Waals surface area contributed by atoms with E-state index in [0.29, 0.717) is 46.8 Å². The molecule has 3 rings (SSSR count). The smallest absolute Gasteiger partial charge is 0.243 e. The predicted molar refractivity (Wildman–Crippen MR) is 107 cm³/mol. The number of hydrogen-bond donors (Lipinski definition) is 2. The molecule has 27 heavy (non-hydrogen) atoms. The molecule has 2 heterocycles. The van der Waals surface area contributed by atoms with E-state index < -0.39 is 10.0 Å². The van der Waals surface area contributed by atoms with Crippen molar-refractivity contribution in [3.05, 3.63) is 41.3 Å². The number of piperazine rings is 1. The van der Waals surface area contributed by atoms with E-state index in [2.05, 4.69) is 25.5 Å². The van der Waals surface area contributed by atoms with Crippen LogP contribution in [0, 0.1) is 0 Å².